The van der Waals surface area contributed by atoms with Gasteiger partial charge in [0.1, 0.15) is 5.78 Å². The van der Waals surface area contributed by atoms with Crippen molar-refractivity contribution in [3.63, 3.8) is 0 Å². The van der Waals surface area contributed by atoms with E-state index in [2.05, 4.69) is 13.0 Å². The minimum absolute atomic E-state index is 0.0950. The molecule has 168 valence electrons. The molecule has 0 saturated heterocycles. The van der Waals surface area contributed by atoms with Crippen LogP contribution in [0.25, 0.3) is 0 Å². The second-order valence-corrected chi connectivity index (χ2v) is 8.03. The number of ketones is 1. The van der Waals surface area contributed by atoms with Crippen molar-refractivity contribution in [2.75, 3.05) is 7.11 Å². The first kappa shape index (κ1) is 27.4. The Morgan fingerprint density at radius 1 is 0.931 bits per heavy atom. The number of carbonyl (C=O) groups excluding carboxylic acids is 2. The molecule has 0 aliphatic heterocycles. The van der Waals surface area contributed by atoms with Crippen molar-refractivity contribution < 1.29 is 24.2 Å². The van der Waals surface area contributed by atoms with Gasteiger partial charge in [-0.05, 0) is 38.5 Å². The van der Waals surface area contributed by atoms with Gasteiger partial charge in [-0.15, -0.1) is 0 Å². The Hall–Kier alpha value is -1.65. The molecule has 0 heterocycles. The number of hydrogen-bond acceptors (Lipinski definition) is 4. The topological polar surface area (TPSA) is 80.7 Å². The number of unbranched alkanes of at least 4 members (excludes halogenated alkanes) is 9. The number of aliphatic carboxylic acids is 1. The fraction of sp³-hybridized carbons (Fsp3) is 0.792. The third-order valence-corrected chi connectivity index (χ3v) is 5.37. The predicted octanol–water partition coefficient (Wildman–Crippen LogP) is 6.10. The molecule has 5 nitrogen and oxygen atoms in total. The van der Waals surface area contributed by atoms with E-state index in [1.54, 1.807) is 6.92 Å². The number of carboxylic acids is 1. The lowest BCUT2D eigenvalue weighted by molar-refractivity contribution is -0.151. The van der Waals surface area contributed by atoms with Crippen LogP contribution in [0.5, 0.6) is 0 Å². The van der Waals surface area contributed by atoms with Crippen LogP contribution in [0.1, 0.15) is 104 Å². The van der Waals surface area contributed by atoms with E-state index in [4.69, 9.17) is 4.74 Å². The summed E-state index contributed by atoms with van der Waals surface area (Å²) < 4.78 is 4.69. The number of hydrogen-bond donors (Lipinski definition) is 1. The molecule has 1 N–H and O–H groups in total. The van der Waals surface area contributed by atoms with Crippen LogP contribution in [0.15, 0.2) is 12.2 Å². The predicted molar refractivity (Wildman–Crippen MR) is 117 cm³/mol. The fourth-order valence-electron chi connectivity index (χ4n) is 3.54. The summed E-state index contributed by atoms with van der Waals surface area (Å²) in [7, 11) is 1.29. The summed E-state index contributed by atoms with van der Waals surface area (Å²) in [5, 5.41) is 9.63. The minimum Gasteiger partial charge on any atom is -0.481 e. The summed E-state index contributed by atoms with van der Waals surface area (Å²) in [6, 6.07) is 0. The maximum absolute atomic E-state index is 11.8. The Bertz CT molecular complexity index is 484. The van der Waals surface area contributed by atoms with E-state index in [9.17, 15) is 19.5 Å². The molecular formula is C24H42O5. The first-order valence-corrected chi connectivity index (χ1v) is 11.4. The molecule has 0 aromatic carbocycles. The molecule has 2 unspecified atom stereocenters. The highest BCUT2D eigenvalue weighted by atomic mass is 16.5. The Morgan fingerprint density at radius 2 is 1.55 bits per heavy atom. The molecule has 0 bridgehead atoms. The summed E-state index contributed by atoms with van der Waals surface area (Å²) >= 11 is 0. The van der Waals surface area contributed by atoms with Crippen LogP contribution < -0.4 is 0 Å². The molecule has 0 radical (unpaired) electrons. The van der Waals surface area contributed by atoms with Crippen molar-refractivity contribution in [2.45, 2.75) is 104 Å². The molecule has 29 heavy (non-hydrogen) atoms. The van der Waals surface area contributed by atoms with Gasteiger partial charge < -0.3 is 14.6 Å². The van der Waals surface area contributed by atoms with E-state index >= 15 is 0 Å². The van der Waals surface area contributed by atoms with Crippen LogP contribution in [0.2, 0.25) is 0 Å². The van der Waals surface area contributed by atoms with Gasteiger partial charge >= 0.3 is 11.9 Å². The van der Waals surface area contributed by atoms with E-state index < -0.39 is 17.9 Å². The number of rotatable bonds is 19. The van der Waals surface area contributed by atoms with Gasteiger partial charge in [-0.1, -0.05) is 70.4 Å². The summed E-state index contributed by atoms with van der Waals surface area (Å²) in [6.45, 7) is 3.81. The van der Waals surface area contributed by atoms with Crippen molar-refractivity contribution in [2.24, 2.45) is 11.8 Å². The number of esters is 1. The van der Waals surface area contributed by atoms with Crippen molar-refractivity contribution in [3.8, 4) is 0 Å². The zero-order chi connectivity index (χ0) is 21.9. The maximum Gasteiger partial charge on any atom is 0.307 e. The number of Topliss-reactive ketones (excluding diaryl/α,β-unsaturated/α-hetero) is 1. The summed E-state index contributed by atoms with van der Waals surface area (Å²) in [5.41, 5.74) is 0. The highest BCUT2D eigenvalue weighted by molar-refractivity contribution is 5.79. The highest BCUT2D eigenvalue weighted by Gasteiger charge is 2.28. The lowest BCUT2D eigenvalue weighted by Crippen LogP contribution is -2.26. The van der Waals surface area contributed by atoms with Gasteiger partial charge in [-0.25, -0.2) is 0 Å². The number of carboxylic acid groups (broad SMARTS) is 1. The van der Waals surface area contributed by atoms with Crippen LogP contribution >= 0.6 is 0 Å². The molecule has 0 aromatic heterocycles. The van der Waals surface area contributed by atoms with Crippen molar-refractivity contribution in [1.29, 1.82) is 0 Å². The highest BCUT2D eigenvalue weighted by Crippen LogP contribution is 2.25. The van der Waals surface area contributed by atoms with E-state index in [-0.39, 0.29) is 18.1 Å². The first-order valence-electron chi connectivity index (χ1n) is 11.4. The van der Waals surface area contributed by atoms with Gasteiger partial charge in [-0.2, -0.15) is 0 Å². The normalized spacial score (nSPS) is 13.3. The number of methoxy groups -OCH3 is 1. The lowest BCUT2D eigenvalue weighted by Gasteiger charge is -2.20. The third kappa shape index (κ3) is 15.9. The molecule has 0 spiro atoms. The second-order valence-electron chi connectivity index (χ2n) is 8.03. The number of carbonyl (C=O) groups is 3. The summed E-state index contributed by atoms with van der Waals surface area (Å²) in [4.78, 5) is 34.4. The van der Waals surface area contributed by atoms with Crippen molar-refractivity contribution in [1.82, 2.24) is 0 Å². The molecule has 2 atom stereocenters. The van der Waals surface area contributed by atoms with Gasteiger partial charge in [0.2, 0.25) is 0 Å². The van der Waals surface area contributed by atoms with Crippen molar-refractivity contribution in [3.05, 3.63) is 12.2 Å². The van der Waals surface area contributed by atoms with Crippen LogP contribution in [-0.2, 0) is 19.1 Å². The standard InChI is InChI=1S/C24H42O5/c1-4-5-6-7-8-9-10-14-17-21(18-15-12-11-13-16-20(2)25)22(24(27)28)19-23(26)29-3/h14,17,21-22H,4-13,15-16,18-19H2,1-3H3,(H,27,28)/b17-14+. The minimum atomic E-state index is -0.943. The average Bonchev–Trinajstić information content (AvgIpc) is 2.68. The quantitative estimate of drug-likeness (QED) is 0.158. The van der Waals surface area contributed by atoms with E-state index in [1.807, 2.05) is 6.08 Å². The largest absolute Gasteiger partial charge is 0.481 e. The molecule has 5 heteroatoms. The maximum atomic E-state index is 11.8. The Kier molecular flexibility index (Phi) is 17.3. The third-order valence-electron chi connectivity index (χ3n) is 5.37. The first-order chi connectivity index (χ1) is 13.9. The van der Waals surface area contributed by atoms with Crippen molar-refractivity contribution >= 4 is 17.7 Å². The van der Waals surface area contributed by atoms with Gasteiger partial charge in [-0.3, -0.25) is 9.59 Å². The SMILES string of the molecule is CCCCCCCC/C=C/C(CCCCCCC(C)=O)C(CC(=O)OC)C(=O)O. The molecule has 0 amide bonds. The van der Waals surface area contributed by atoms with E-state index in [0.29, 0.717) is 6.42 Å². The molecular weight excluding hydrogens is 368 g/mol. The lowest BCUT2D eigenvalue weighted by atomic mass is 9.84. The number of allylic oxidation sites excluding steroid dienone is 2. The van der Waals surface area contributed by atoms with E-state index in [1.165, 1.54) is 39.2 Å². The second kappa shape index (κ2) is 18.4. The van der Waals surface area contributed by atoms with Crippen LogP contribution in [0.3, 0.4) is 0 Å². The van der Waals surface area contributed by atoms with Crippen LogP contribution in [-0.4, -0.2) is 29.9 Å². The van der Waals surface area contributed by atoms with Gasteiger partial charge in [0.25, 0.3) is 0 Å². The molecule has 0 aliphatic carbocycles. The molecule has 0 rings (SSSR count). The smallest absolute Gasteiger partial charge is 0.307 e. The Balaban J connectivity index is 4.59. The average molecular weight is 411 g/mol. The van der Waals surface area contributed by atoms with E-state index in [0.717, 1.165) is 44.9 Å². The molecule has 0 fully saturated rings. The van der Waals surface area contributed by atoms with Crippen LogP contribution in [0, 0.1) is 11.8 Å². The van der Waals surface area contributed by atoms with Crippen LogP contribution in [0.4, 0.5) is 0 Å². The molecule has 0 aliphatic rings. The van der Waals surface area contributed by atoms with Gasteiger partial charge in [0, 0.05) is 6.42 Å². The number of ether oxygens (including phenoxy) is 1. The summed E-state index contributed by atoms with van der Waals surface area (Å²) in [5.74, 6) is -2.13. The van der Waals surface area contributed by atoms with Gasteiger partial charge in [0.15, 0.2) is 0 Å². The zero-order valence-corrected chi connectivity index (χ0v) is 18.8. The Labute approximate surface area is 177 Å². The monoisotopic (exact) mass is 410 g/mol. The molecule has 0 aromatic rings. The van der Waals surface area contributed by atoms with Gasteiger partial charge in [0.05, 0.1) is 19.4 Å². The summed E-state index contributed by atoms with van der Waals surface area (Å²) in [6.07, 6.45) is 17.4. The zero-order valence-electron chi connectivity index (χ0n) is 18.8. The fourth-order valence-corrected chi connectivity index (χ4v) is 3.54. The Morgan fingerprint density at radius 3 is 2.17 bits per heavy atom. The molecule has 0 saturated carbocycles.